The zero-order valence-corrected chi connectivity index (χ0v) is 11.9. The standard InChI is InChI=1S/C13H19N5O/c1-7-6-9(8(2)17-16-7)12-15-11(18-19-12)10(14)13(3,4)5/h6,10H,14H2,1-5H3. The molecule has 0 fully saturated rings. The maximum Gasteiger partial charge on any atom is 0.259 e. The Hall–Kier alpha value is -1.82. The van der Waals surface area contributed by atoms with Crippen molar-refractivity contribution in [2.75, 3.05) is 0 Å². The summed E-state index contributed by atoms with van der Waals surface area (Å²) in [7, 11) is 0. The monoisotopic (exact) mass is 261 g/mol. The predicted octanol–water partition coefficient (Wildman–Crippen LogP) is 2.19. The molecule has 2 heterocycles. The molecular weight excluding hydrogens is 242 g/mol. The molecule has 0 aliphatic heterocycles. The first-order valence-electron chi connectivity index (χ1n) is 6.19. The largest absolute Gasteiger partial charge is 0.334 e. The van der Waals surface area contributed by atoms with Crippen LogP contribution in [0.5, 0.6) is 0 Å². The first-order valence-corrected chi connectivity index (χ1v) is 6.19. The summed E-state index contributed by atoms with van der Waals surface area (Å²) in [6, 6.07) is 1.60. The molecule has 2 rings (SSSR count). The van der Waals surface area contributed by atoms with Crippen molar-refractivity contribution in [3.05, 3.63) is 23.3 Å². The van der Waals surface area contributed by atoms with E-state index >= 15 is 0 Å². The van der Waals surface area contributed by atoms with Crippen LogP contribution in [0.1, 0.15) is 44.0 Å². The molecule has 102 valence electrons. The van der Waals surface area contributed by atoms with Gasteiger partial charge in [0.15, 0.2) is 5.82 Å². The van der Waals surface area contributed by atoms with Crippen LogP contribution in [0, 0.1) is 19.3 Å². The van der Waals surface area contributed by atoms with Crippen molar-refractivity contribution < 1.29 is 4.52 Å². The van der Waals surface area contributed by atoms with Gasteiger partial charge < -0.3 is 10.3 Å². The number of aromatic nitrogens is 4. The van der Waals surface area contributed by atoms with Crippen molar-refractivity contribution in [1.29, 1.82) is 0 Å². The van der Waals surface area contributed by atoms with E-state index in [9.17, 15) is 0 Å². The first-order chi connectivity index (χ1) is 8.79. The molecule has 1 atom stereocenters. The fraction of sp³-hybridized carbons (Fsp3) is 0.538. The highest BCUT2D eigenvalue weighted by Gasteiger charge is 2.27. The van der Waals surface area contributed by atoms with E-state index in [2.05, 4.69) is 20.3 Å². The van der Waals surface area contributed by atoms with Crippen molar-refractivity contribution in [3.63, 3.8) is 0 Å². The summed E-state index contributed by atoms with van der Waals surface area (Å²) in [5, 5.41) is 12.0. The lowest BCUT2D eigenvalue weighted by Gasteiger charge is -2.23. The SMILES string of the molecule is Cc1cc(-c2nc(C(N)C(C)(C)C)no2)c(C)nn1. The van der Waals surface area contributed by atoms with Gasteiger partial charge in [-0.2, -0.15) is 15.2 Å². The van der Waals surface area contributed by atoms with Gasteiger partial charge in [0.05, 0.1) is 23.0 Å². The Morgan fingerprint density at radius 2 is 1.89 bits per heavy atom. The molecule has 0 saturated carbocycles. The number of hydrogen-bond acceptors (Lipinski definition) is 6. The third-order valence-electron chi connectivity index (χ3n) is 2.98. The van der Waals surface area contributed by atoms with Gasteiger partial charge in [0, 0.05) is 0 Å². The molecule has 0 aromatic carbocycles. The fourth-order valence-corrected chi connectivity index (χ4v) is 1.62. The van der Waals surface area contributed by atoms with E-state index < -0.39 is 0 Å². The quantitative estimate of drug-likeness (QED) is 0.891. The normalized spacial score (nSPS) is 13.6. The Bertz CT molecular complexity index is 585. The van der Waals surface area contributed by atoms with Crippen LogP contribution >= 0.6 is 0 Å². The molecule has 2 N–H and O–H groups in total. The van der Waals surface area contributed by atoms with Gasteiger partial charge in [-0.25, -0.2) is 0 Å². The fourth-order valence-electron chi connectivity index (χ4n) is 1.62. The van der Waals surface area contributed by atoms with Gasteiger partial charge >= 0.3 is 0 Å². The zero-order valence-electron chi connectivity index (χ0n) is 11.9. The highest BCUT2D eigenvalue weighted by Crippen LogP contribution is 2.30. The number of aryl methyl sites for hydroxylation is 2. The second kappa shape index (κ2) is 4.70. The van der Waals surface area contributed by atoms with E-state index in [1.807, 2.05) is 40.7 Å². The molecule has 2 aromatic rings. The summed E-state index contributed by atoms with van der Waals surface area (Å²) in [5.41, 5.74) is 8.36. The Labute approximate surface area is 112 Å². The van der Waals surface area contributed by atoms with Gasteiger partial charge in [-0.05, 0) is 25.3 Å². The smallest absolute Gasteiger partial charge is 0.259 e. The Morgan fingerprint density at radius 1 is 1.21 bits per heavy atom. The lowest BCUT2D eigenvalue weighted by molar-refractivity contribution is 0.303. The average molecular weight is 261 g/mol. The van der Waals surface area contributed by atoms with Crippen LogP contribution < -0.4 is 5.73 Å². The maximum atomic E-state index is 6.12. The highest BCUT2D eigenvalue weighted by molar-refractivity contribution is 5.55. The average Bonchev–Trinajstić information content (AvgIpc) is 2.79. The van der Waals surface area contributed by atoms with Crippen molar-refractivity contribution in [2.45, 2.75) is 40.7 Å². The van der Waals surface area contributed by atoms with Crippen molar-refractivity contribution in [3.8, 4) is 11.5 Å². The highest BCUT2D eigenvalue weighted by atomic mass is 16.5. The van der Waals surface area contributed by atoms with Crippen molar-refractivity contribution in [2.24, 2.45) is 11.1 Å². The van der Waals surface area contributed by atoms with Crippen molar-refractivity contribution >= 4 is 0 Å². The lowest BCUT2D eigenvalue weighted by Crippen LogP contribution is -2.27. The van der Waals surface area contributed by atoms with Gasteiger partial charge in [-0.1, -0.05) is 25.9 Å². The van der Waals surface area contributed by atoms with Crippen LogP contribution in [-0.2, 0) is 0 Å². The Morgan fingerprint density at radius 3 is 2.53 bits per heavy atom. The summed E-state index contributed by atoms with van der Waals surface area (Å²) in [5.74, 6) is 0.946. The molecule has 0 spiro atoms. The minimum atomic E-state index is -0.277. The minimum Gasteiger partial charge on any atom is -0.334 e. The molecule has 0 aliphatic rings. The van der Waals surface area contributed by atoms with E-state index in [1.54, 1.807) is 0 Å². The van der Waals surface area contributed by atoms with E-state index in [-0.39, 0.29) is 11.5 Å². The van der Waals surface area contributed by atoms with Gasteiger partial charge in [0.25, 0.3) is 5.89 Å². The van der Waals surface area contributed by atoms with E-state index in [1.165, 1.54) is 0 Å². The van der Waals surface area contributed by atoms with Crippen LogP contribution in [0.25, 0.3) is 11.5 Å². The van der Waals surface area contributed by atoms with E-state index in [0.717, 1.165) is 17.0 Å². The molecule has 0 radical (unpaired) electrons. The van der Waals surface area contributed by atoms with Gasteiger partial charge in [-0.3, -0.25) is 0 Å². The van der Waals surface area contributed by atoms with Crippen LogP contribution in [0.15, 0.2) is 10.6 Å². The van der Waals surface area contributed by atoms with E-state index in [4.69, 9.17) is 10.3 Å². The molecule has 6 heteroatoms. The molecule has 0 aliphatic carbocycles. The molecule has 0 bridgehead atoms. The summed E-state index contributed by atoms with van der Waals surface area (Å²) < 4.78 is 5.29. The van der Waals surface area contributed by atoms with Gasteiger partial charge in [-0.15, -0.1) is 0 Å². The predicted molar refractivity (Wildman–Crippen MR) is 71.2 cm³/mol. The molecular formula is C13H19N5O. The summed E-state index contributed by atoms with van der Waals surface area (Å²) in [6.07, 6.45) is 0. The van der Waals surface area contributed by atoms with Crippen molar-refractivity contribution in [1.82, 2.24) is 20.3 Å². The maximum absolute atomic E-state index is 6.12. The van der Waals surface area contributed by atoms with Gasteiger partial charge in [0.1, 0.15) is 0 Å². The number of nitrogens with two attached hydrogens (primary N) is 1. The lowest BCUT2D eigenvalue weighted by atomic mass is 9.87. The molecule has 0 saturated heterocycles. The molecule has 2 aromatic heterocycles. The Kier molecular flexibility index (Phi) is 3.36. The minimum absolute atomic E-state index is 0.122. The number of rotatable bonds is 2. The topological polar surface area (TPSA) is 90.7 Å². The third kappa shape index (κ3) is 2.78. The summed E-state index contributed by atoms with van der Waals surface area (Å²) in [4.78, 5) is 4.38. The van der Waals surface area contributed by atoms with E-state index in [0.29, 0.717) is 11.7 Å². The number of nitrogens with zero attached hydrogens (tertiary/aromatic N) is 4. The number of hydrogen-bond donors (Lipinski definition) is 1. The molecule has 0 amide bonds. The van der Waals surface area contributed by atoms with Crippen LogP contribution in [0.2, 0.25) is 0 Å². The zero-order chi connectivity index (χ0) is 14.2. The first kappa shape index (κ1) is 13.6. The van der Waals surface area contributed by atoms with Gasteiger partial charge in [0.2, 0.25) is 0 Å². The second-order valence-electron chi connectivity index (χ2n) is 5.79. The van der Waals surface area contributed by atoms with Crippen LogP contribution in [-0.4, -0.2) is 20.3 Å². The van der Waals surface area contributed by atoms with Crippen LogP contribution in [0.4, 0.5) is 0 Å². The van der Waals surface area contributed by atoms with Crippen LogP contribution in [0.3, 0.4) is 0 Å². The summed E-state index contributed by atoms with van der Waals surface area (Å²) in [6.45, 7) is 9.84. The second-order valence-corrected chi connectivity index (χ2v) is 5.79. The third-order valence-corrected chi connectivity index (χ3v) is 2.98. The molecule has 1 unspecified atom stereocenters. The molecule has 6 nitrogen and oxygen atoms in total. The Balaban J connectivity index is 2.39. The summed E-state index contributed by atoms with van der Waals surface area (Å²) >= 11 is 0. The molecule has 19 heavy (non-hydrogen) atoms.